The maximum absolute atomic E-state index is 11.6. The highest BCUT2D eigenvalue weighted by molar-refractivity contribution is 5.77. The Labute approximate surface area is 97.5 Å². The molecule has 0 aromatic rings. The van der Waals surface area contributed by atoms with Gasteiger partial charge in [0.1, 0.15) is 0 Å². The van der Waals surface area contributed by atoms with E-state index in [2.05, 4.69) is 22.5 Å². The third-order valence-corrected chi connectivity index (χ3v) is 2.67. The maximum Gasteiger partial charge on any atom is 0.234 e. The number of hydrogen-bond donors (Lipinski definition) is 2. The van der Waals surface area contributed by atoms with Gasteiger partial charge in [-0.2, -0.15) is 0 Å². The van der Waals surface area contributed by atoms with Gasteiger partial charge in [-0.1, -0.05) is 0 Å². The fourth-order valence-corrected chi connectivity index (χ4v) is 1.86. The van der Waals surface area contributed by atoms with Crippen LogP contribution in [0, 0.1) is 0 Å². The van der Waals surface area contributed by atoms with Crippen molar-refractivity contribution in [2.75, 3.05) is 46.4 Å². The Bertz CT molecular complexity index is 211. The van der Waals surface area contributed by atoms with Crippen LogP contribution in [0.4, 0.5) is 0 Å². The van der Waals surface area contributed by atoms with Crippen LogP contribution in [-0.2, 0) is 9.53 Å². The third kappa shape index (κ3) is 5.44. The summed E-state index contributed by atoms with van der Waals surface area (Å²) in [4.78, 5) is 13.8. The van der Waals surface area contributed by atoms with Crippen LogP contribution in [0.1, 0.15) is 13.3 Å². The Balaban J connectivity index is 2.08. The summed E-state index contributed by atoms with van der Waals surface area (Å²) in [6, 6.07) is 0.482. The first kappa shape index (κ1) is 13.4. The van der Waals surface area contributed by atoms with Gasteiger partial charge in [0, 0.05) is 45.9 Å². The van der Waals surface area contributed by atoms with Gasteiger partial charge < -0.3 is 15.4 Å². The van der Waals surface area contributed by atoms with E-state index in [0.29, 0.717) is 25.7 Å². The molecule has 1 atom stereocenters. The lowest BCUT2D eigenvalue weighted by atomic mass is 10.2. The summed E-state index contributed by atoms with van der Waals surface area (Å²) < 4.78 is 4.92. The topological polar surface area (TPSA) is 53.6 Å². The monoisotopic (exact) mass is 229 g/mol. The molecular weight excluding hydrogens is 206 g/mol. The molecule has 0 spiro atoms. The van der Waals surface area contributed by atoms with Crippen molar-refractivity contribution < 1.29 is 9.53 Å². The average molecular weight is 229 g/mol. The van der Waals surface area contributed by atoms with Crippen molar-refractivity contribution in [2.45, 2.75) is 19.4 Å². The molecule has 5 nitrogen and oxygen atoms in total. The van der Waals surface area contributed by atoms with Crippen molar-refractivity contribution in [2.24, 2.45) is 0 Å². The molecule has 0 saturated carbocycles. The van der Waals surface area contributed by atoms with Crippen molar-refractivity contribution in [1.29, 1.82) is 0 Å². The van der Waals surface area contributed by atoms with Gasteiger partial charge in [0.2, 0.25) is 5.91 Å². The number of piperazine rings is 1. The van der Waals surface area contributed by atoms with Gasteiger partial charge >= 0.3 is 0 Å². The second-order valence-electron chi connectivity index (χ2n) is 4.29. The summed E-state index contributed by atoms with van der Waals surface area (Å²) in [6.07, 6.45) is 0.875. The van der Waals surface area contributed by atoms with Gasteiger partial charge in [0.05, 0.1) is 6.54 Å². The molecule has 0 aromatic carbocycles. The highest BCUT2D eigenvalue weighted by Gasteiger charge is 2.17. The molecule has 94 valence electrons. The molecule has 2 N–H and O–H groups in total. The summed E-state index contributed by atoms with van der Waals surface area (Å²) >= 11 is 0. The fourth-order valence-electron chi connectivity index (χ4n) is 1.86. The van der Waals surface area contributed by atoms with Gasteiger partial charge in [0.15, 0.2) is 0 Å². The minimum atomic E-state index is 0.116. The zero-order chi connectivity index (χ0) is 11.8. The molecule has 1 saturated heterocycles. The van der Waals surface area contributed by atoms with Crippen molar-refractivity contribution >= 4 is 5.91 Å². The Morgan fingerprint density at radius 2 is 2.44 bits per heavy atom. The SMILES string of the molecule is COCCCNC(=O)CN1CCN[C@@H](C)C1. The number of carbonyl (C=O) groups is 1. The zero-order valence-electron chi connectivity index (χ0n) is 10.3. The van der Waals surface area contributed by atoms with Gasteiger partial charge in [0.25, 0.3) is 0 Å². The number of hydrogen-bond acceptors (Lipinski definition) is 4. The van der Waals surface area contributed by atoms with Crippen LogP contribution in [0.15, 0.2) is 0 Å². The maximum atomic E-state index is 11.6. The molecule has 1 amide bonds. The van der Waals surface area contributed by atoms with E-state index in [9.17, 15) is 4.79 Å². The van der Waals surface area contributed by atoms with E-state index in [1.54, 1.807) is 7.11 Å². The van der Waals surface area contributed by atoms with Crippen molar-refractivity contribution in [3.8, 4) is 0 Å². The van der Waals surface area contributed by atoms with Gasteiger partial charge in [-0.3, -0.25) is 9.69 Å². The second-order valence-corrected chi connectivity index (χ2v) is 4.29. The van der Waals surface area contributed by atoms with Crippen LogP contribution < -0.4 is 10.6 Å². The Kier molecular flexibility index (Phi) is 6.37. The first-order valence-electron chi connectivity index (χ1n) is 5.93. The summed E-state index contributed by atoms with van der Waals surface area (Å²) in [5, 5.41) is 6.25. The minimum absolute atomic E-state index is 0.116. The Morgan fingerprint density at radius 1 is 1.62 bits per heavy atom. The number of amides is 1. The first-order valence-corrected chi connectivity index (χ1v) is 5.93. The van der Waals surface area contributed by atoms with Gasteiger partial charge in [-0.15, -0.1) is 0 Å². The molecule has 1 aliphatic rings. The van der Waals surface area contributed by atoms with Crippen LogP contribution in [0.3, 0.4) is 0 Å². The molecule has 1 fully saturated rings. The lowest BCUT2D eigenvalue weighted by molar-refractivity contribution is -0.122. The largest absolute Gasteiger partial charge is 0.385 e. The molecular formula is C11H23N3O2. The molecule has 0 unspecified atom stereocenters. The molecule has 0 aliphatic carbocycles. The summed E-state index contributed by atoms with van der Waals surface area (Å²) in [6.45, 7) is 6.93. The predicted octanol–water partition coefficient (Wildman–Crippen LogP) is -0.567. The predicted molar refractivity (Wildman–Crippen MR) is 63.4 cm³/mol. The van der Waals surface area contributed by atoms with Crippen molar-refractivity contribution in [3.63, 3.8) is 0 Å². The minimum Gasteiger partial charge on any atom is -0.385 e. The molecule has 0 radical (unpaired) electrons. The summed E-state index contributed by atoms with van der Waals surface area (Å²) in [7, 11) is 1.67. The smallest absolute Gasteiger partial charge is 0.234 e. The number of ether oxygens (including phenoxy) is 1. The normalized spacial score (nSPS) is 22.0. The van der Waals surface area contributed by atoms with Crippen molar-refractivity contribution in [3.05, 3.63) is 0 Å². The van der Waals surface area contributed by atoms with Crippen LogP contribution >= 0.6 is 0 Å². The molecule has 1 heterocycles. The third-order valence-electron chi connectivity index (χ3n) is 2.67. The van der Waals surface area contributed by atoms with Gasteiger partial charge in [-0.05, 0) is 13.3 Å². The molecule has 16 heavy (non-hydrogen) atoms. The Morgan fingerprint density at radius 3 is 3.12 bits per heavy atom. The molecule has 0 bridgehead atoms. The lowest BCUT2D eigenvalue weighted by Crippen LogP contribution is -2.51. The van der Waals surface area contributed by atoms with E-state index in [0.717, 1.165) is 26.1 Å². The second kappa shape index (κ2) is 7.60. The number of nitrogens with one attached hydrogen (secondary N) is 2. The van der Waals surface area contributed by atoms with Crippen LogP contribution in [-0.4, -0.2) is 63.3 Å². The standard InChI is InChI=1S/C11H23N3O2/c1-10-8-14(6-5-12-10)9-11(15)13-4-3-7-16-2/h10,12H,3-9H2,1-2H3,(H,13,15)/t10-/m0/s1. The molecule has 5 heteroatoms. The highest BCUT2D eigenvalue weighted by atomic mass is 16.5. The molecule has 1 aliphatic heterocycles. The van der Waals surface area contributed by atoms with Crippen molar-refractivity contribution in [1.82, 2.24) is 15.5 Å². The van der Waals surface area contributed by atoms with E-state index in [-0.39, 0.29) is 5.91 Å². The first-order chi connectivity index (χ1) is 7.72. The number of carbonyl (C=O) groups excluding carboxylic acids is 1. The van der Waals surface area contributed by atoms with E-state index < -0.39 is 0 Å². The quantitative estimate of drug-likeness (QED) is 0.599. The number of methoxy groups -OCH3 is 1. The van der Waals surface area contributed by atoms with Crippen LogP contribution in [0.2, 0.25) is 0 Å². The number of rotatable bonds is 6. The van der Waals surface area contributed by atoms with Crippen LogP contribution in [0.5, 0.6) is 0 Å². The average Bonchev–Trinajstić information content (AvgIpc) is 2.24. The van der Waals surface area contributed by atoms with E-state index >= 15 is 0 Å². The van der Waals surface area contributed by atoms with E-state index in [1.807, 2.05) is 0 Å². The van der Waals surface area contributed by atoms with Gasteiger partial charge in [-0.25, -0.2) is 0 Å². The lowest BCUT2D eigenvalue weighted by Gasteiger charge is -2.31. The molecule has 0 aromatic heterocycles. The summed E-state index contributed by atoms with van der Waals surface area (Å²) in [5.74, 6) is 0.116. The Hall–Kier alpha value is -0.650. The number of nitrogens with zero attached hydrogens (tertiary/aromatic N) is 1. The van der Waals surface area contributed by atoms with E-state index in [1.165, 1.54) is 0 Å². The summed E-state index contributed by atoms with van der Waals surface area (Å²) in [5.41, 5.74) is 0. The highest BCUT2D eigenvalue weighted by Crippen LogP contribution is 1.97. The zero-order valence-corrected chi connectivity index (χ0v) is 10.3. The fraction of sp³-hybridized carbons (Fsp3) is 0.909. The van der Waals surface area contributed by atoms with Crippen LogP contribution in [0.25, 0.3) is 0 Å². The van der Waals surface area contributed by atoms with E-state index in [4.69, 9.17) is 4.74 Å². The molecule has 1 rings (SSSR count).